The van der Waals surface area contributed by atoms with Crippen LogP contribution < -0.4 is 10.6 Å². The molecule has 1 aliphatic heterocycles. The molecular formula is C25H27N7. The lowest BCUT2D eigenvalue weighted by molar-refractivity contribution is 0.460. The van der Waals surface area contributed by atoms with Crippen LogP contribution in [-0.4, -0.2) is 37.8 Å². The predicted molar refractivity (Wildman–Crippen MR) is 127 cm³/mol. The Balaban J connectivity index is 1.39. The Morgan fingerprint density at radius 3 is 2.66 bits per heavy atom. The Kier molecular flexibility index (Phi) is 5.89. The lowest BCUT2D eigenvalue weighted by atomic mass is 9.90. The summed E-state index contributed by atoms with van der Waals surface area (Å²) in [5.41, 5.74) is 6.02. The van der Waals surface area contributed by atoms with Crippen molar-refractivity contribution < 1.29 is 0 Å². The van der Waals surface area contributed by atoms with E-state index in [9.17, 15) is 0 Å². The van der Waals surface area contributed by atoms with E-state index in [1.165, 1.54) is 18.4 Å². The third kappa shape index (κ3) is 4.38. The molecule has 0 aliphatic carbocycles. The van der Waals surface area contributed by atoms with E-state index in [4.69, 9.17) is 10.1 Å². The molecule has 0 unspecified atom stereocenters. The van der Waals surface area contributed by atoms with Crippen LogP contribution in [0.15, 0.2) is 67.3 Å². The first-order chi connectivity index (χ1) is 15.8. The van der Waals surface area contributed by atoms with Gasteiger partial charge in [0.15, 0.2) is 0 Å². The molecule has 0 spiro atoms. The molecule has 5 rings (SSSR count). The topological polar surface area (TPSA) is 80.5 Å². The van der Waals surface area contributed by atoms with Crippen LogP contribution in [0, 0.1) is 0 Å². The number of hydrogen-bond donors (Lipinski definition) is 2. The third-order valence-corrected chi connectivity index (χ3v) is 5.93. The molecule has 1 aliphatic rings. The van der Waals surface area contributed by atoms with Crippen molar-refractivity contribution in [3.8, 4) is 22.5 Å². The Hall–Kier alpha value is -3.58. The first-order valence-electron chi connectivity index (χ1n) is 11.2. The molecule has 0 atom stereocenters. The molecule has 2 N–H and O–H groups in total. The first kappa shape index (κ1) is 20.3. The van der Waals surface area contributed by atoms with Crippen LogP contribution >= 0.6 is 0 Å². The zero-order valence-corrected chi connectivity index (χ0v) is 18.2. The number of benzene rings is 1. The maximum Gasteiger partial charge on any atom is 0.227 e. The second-order valence-electron chi connectivity index (χ2n) is 8.03. The smallest absolute Gasteiger partial charge is 0.227 e. The summed E-state index contributed by atoms with van der Waals surface area (Å²) in [6.45, 7) is 5.05. The highest BCUT2D eigenvalue weighted by molar-refractivity contribution is 5.78. The molecule has 1 saturated heterocycles. The van der Waals surface area contributed by atoms with Gasteiger partial charge in [-0.15, -0.1) is 0 Å². The molecule has 0 radical (unpaired) electrons. The standard InChI is InChI=1S/C25H27N7/c1-2-32-17-22(24(31-32)20-4-3-12-27-16-20)23-11-15-28-25(30-23)29-21-7-5-18(6-8-21)19-9-13-26-14-10-19/h3-8,11-12,15-17,19,26H,2,9-10,13-14H2,1H3,(H,28,29,30). The molecule has 0 amide bonds. The van der Waals surface area contributed by atoms with Gasteiger partial charge in [-0.05, 0) is 74.7 Å². The molecule has 3 aromatic heterocycles. The number of piperidine rings is 1. The Morgan fingerprint density at radius 2 is 1.91 bits per heavy atom. The van der Waals surface area contributed by atoms with E-state index in [0.717, 1.165) is 47.8 Å². The molecule has 1 fully saturated rings. The lowest BCUT2D eigenvalue weighted by Crippen LogP contribution is -2.26. The Morgan fingerprint density at radius 1 is 1.06 bits per heavy atom. The number of pyridine rings is 1. The third-order valence-electron chi connectivity index (χ3n) is 5.93. The van der Waals surface area contributed by atoms with Crippen molar-refractivity contribution in [3.63, 3.8) is 0 Å². The second kappa shape index (κ2) is 9.28. The van der Waals surface area contributed by atoms with Crippen LogP contribution in [0.2, 0.25) is 0 Å². The summed E-state index contributed by atoms with van der Waals surface area (Å²) in [6, 6.07) is 14.5. The highest BCUT2D eigenvalue weighted by atomic mass is 15.3. The summed E-state index contributed by atoms with van der Waals surface area (Å²) >= 11 is 0. The van der Waals surface area contributed by atoms with Gasteiger partial charge in [0, 0.05) is 48.1 Å². The van der Waals surface area contributed by atoms with Gasteiger partial charge in [-0.2, -0.15) is 5.10 Å². The number of aryl methyl sites for hydroxylation is 1. The molecular weight excluding hydrogens is 398 g/mol. The van der Waals surface area contributed by atoms with Gasteiger partial charge in [-0.3, -0.25) is 9.67 Å². The van der Waals surface area contributed by atoms with Crippen molar-refractivity contribution in [3.05, 3.63) is 72.8 Å². The minimum atomic E-state index is 0.568. The Bertz CT molecular complexity index is 1160. The summed E-state index contributed by atoms with van der Waals surface area (Å²) < 4.78 is 1.92. The van der Waals surface area contributed by atoms with Crippen molar-refractivity contribution in [2.45, 2.75) is 32.2 Å². The van der Waals surface area contributed by atoms with Crippen molar-refractivity contribution in [1.82, 2.24) is 30.0 Å². The van der Waals surface area contributed by atoms with Gasteiger partial charge in [0.2, 0.25) is 5.95 Å². The minimum Gasteiger partial charge on any atom is -0.324 e. The van der Waals surface area contributed by atoms with Crippen molar-refractivity contribution in [2.75, 3.05) is 18.4 Å². The Labute approximate surface area is 188 Å². The van der Waals surface area contributed by atoms with E-state index in [0.29, 0.717) is 11.9 Å². The molecule has 7 heteroatoms. The predicted octanol–water partition coefficient (Wildman–Crippen LogP) is 4.63. The molecule has 4 aromatic rings. The monoisotopic (exact) mass is 425 g/mol. The van der Waals surface area contributed by atoms with Crippen LogP contribution in [0.4, 0.5) is 11.6 Å². The van der Waals surface area contributed by atoms with Crippen LogP contribution in [0.3, 0.4) is 0 Å². The van der Waals surface area contributed by atoms with Gasteiger partial charge in [0.1, 0.15) is 5.69 Å². The van der Waals surface area contributed by atoms with E-state index < -0.39 is 0 Å². The van der Waals surface area contributed by atoms with Gasteiger partial charge in [-0.1, -0.05) is 12.1 Å². The molecule has 1 aromatic carbocycles. The van der Waals surface area contributed by atoms with E-state index >= 15 is 0 Å². The van der Waals surface area contributed by atoms with Crippen molar-refractivity contribution >= 4 is 11.6 Å². The van der Waals surface area contributed by atoms with E-state index in [2.05, 4.69) is 51.8 Å². The van der Waals surface area contributed by atoms with Crippen LogP contribution in [0.1, 0.15) is 31.2 Å². The molecule has 7 nitrogen and oxygen atoms in total. The van der Waals surface area contributed by atoms with Gasteiger partial charge in [0.05, 0.1) is 5.69 Å². The maximum atomic E-state index is 4.78. The molecule has 0 saturated carbocycles. The fourth-order valence-corrected chi connectivity index (χ4v) is 4.18. The quantitative estimate of drug-likeness (QED) is 0.469. The number of rotatable bonds is 6. The molecule has 0 bridgehead atoms. The van der Waals surface area contributed by atoms with Gasteiger partial charge in [0.25, 0.3) is 0 Å². The first-order valence-corrected chi connectivity index (χ1v) is 11.2. The van der Waals surface area contributed by atoms with Gasteiger partial charge >= 0.3 is 0 Å². The van der Waals surface area contributed by atoms with Crippen molar-refractivity contribution in [1.29, 1.82) is 0 Å². The average Bonchev–Trinajstić information content (AvgIpc) is 3.31. The zero-order chi connectivity index (χ0) is 21.8. The highest BCUT2D eigenvalue weighted by Crippen LogP contribution is 2.30. The normalized spacial score (nSPS) is 14.4. The lowest BCUT2D eigenvalue weighted by Gasteiger charge is -2.23. The molecule has 162 valence electrons. The van der Waals surface area contributed by atoms with Gasteiger partial charge in [-0.25, -0.2) is 9.97 Å². The molecule has 32 heavy (non-hydrogen) atoms. The SMILES string of the molecule is CCn1cc(-c2ccnc(Nc3ccc(C4CCNCC4)cc3)n2)c(-c2cccnc2)n1. The average molecular weight is 426 g/mol. The van der Waals surface area contributed by atoms with Gasteiger partial charge < -0.3 is 10.6 Å². The minimum absolute atomic E-state index is 0.568. The van der Waals surface area contributed by atoms with Crippen LogP contribution in [0.25, 0.3) is 22.5 Å². The summed E-state index contributed by atoms with van der Waals surface area (Å²) in [6.07, 6.45) is 9.80. The summed E-state index contributed by atoms with van der Waals surface area (Å²) in [7, 11) is 0. The highest BCUT2D eigenvalue weighted by Gasteiger charge is 2.16. The summed E-state index contributed by atoms with van der Waals surface area (Å²) in [4.78, 5) is 13.5. The number of hydrogen-bond acceptors (Lipinski definition) is 6. The number of nitrogens with one attached hydrogen (secondary N) is 2. The number of anilines is 2. The second-order valence-corrected chi connectivity index (χ2v) is 8.03. The number of aromatic nitrogens is 5. The molecule has 4 heterocycles. The number of nitrogens with zero attached hydrogens (tertiary/aromatic N) is 5. The van der Waals surface area contributed by atoms with E-state index in [-0.39, 0.29) is 0 Å². The van der Waals surface area contributed by atoms with E-state index in [1.807, 2.05) is 35.3 Å². The maximum absolute atomic E-state index is 4.78. The fraction of sp³-hybridized carbons (Fsp3) is 0.280. The fourth-order valence-electron chi connectivity index (χ4n) is 4.18. The zero-order valence-electron chi connectivity index (χ0n) is 18.2. The largest absolute Gasteiger partial charge is 0.324 e. The van der Waals surface area contributed by atoms with Crippen molar-refractivity contribution in [2.24, 2.45) is 0 Å². The van der Waals surface area contributed by atoms with E-state index in [1.54, 1.807) is 12.4 Å². The van der Waals surface area contributed by atoms with Crippen LogP contribution in [0.5, 0.6) is 0 Å². The van der Waals surface area contributed by atoms with Crippen LogP contribution in [-0.2, 0) is 6.54 Å². The summed E-state index contributed by atoms with van der Waals surface area (Å²) in [5, 5.41) is 11.5. The summed E-state index contributed by atoms with van der Waals surface area (Å²) in [5.74, 6) is 1.21.